The highest BCUT2D eigenvalue weighted by atomic mass is 35.5. The van der Waals surface area contributed by atoms with Gasteiger partial charge in [-0.2, -0.15) is 0 Å². The molecule has 1 heterocycles. The molecule has 1 amide bonds. The van der Waals surface area contributed by atoms with Gasteiger partial charge in [-0.05, 0) is 55.4 Å². The van der Waals surface area contributed by atoms with Crippen LogP contribution in [0.1, 0.15) is 12.5 Å². The molecule has 1 N–H and O–H groups in total. The Balaban J connectivity index is 1.55. The minimum Gasteiger partial charge on any atom is -0.484 e. The highest BCUT2D eigenvalue weighted by molar-refractivity contribution is 6.30. The molecule has 0 radical (unpaired) electrons. The predicted molar refractivity (Wildman–Crippen MR) is 111 cm³/mol. The van der Waals surface area contributed by atoms with Crippen molar-refractivity contribution in [2.75, 3.05) is 49.5 Å². The Bertz CT molecular complexity index is 789. The molecule has 27 heavy (non-hydrogen) atoms. The van der Waals surface area contributed by atoms with Crippen LogP contribution in [0.5, 0.6) is 5.75 Å². The zero-order valence-corrected chi connectivity index (χ0v) is 16.6. The second-order valence-electron chi connectivity index (χ2n) is 6.71. The molecule has 0 bridgehead atoms. The van der Waals surface area contributed by atoms with E-state index in [1.54, 1.807) is 24.3 Å². The maximum atomic E-state index is 12.2. The van der Waals surface area contributed by atoms with Gasteiger partial charge in [-0.25, -0.2) is 0 Å². The van der Waals surface area contributed by atoms with E-state index in [0.717, 1.165) is 44.0 Å². The molecule has 0 spiro atoms. The van der Waals surface area contributed by atoms with Gasteiger partial charge in [0.25, 0.3) is 5.91 Å². The molecular formula is C21H26ClN3O2. The number of hydrogen-bond donors (Lipinski definition) is 1. The first kappa shape index (κ1) is 19.5. The number of hydrogen-bond acceptors (Lipinski definition) is 4. The maximum absolute atomic E-state index is 12.2. The number of carbonyl (C=O) groups excluding carboxylic acids is 1. The smallest absolute Gasteiger partial charge is 0.262 e. The van der Waals surface area contributed by atoms with E-state index in [9.17, 15) is 4.79 Å². The van der Waals surface area contributed by atoms with E-state index in [0.29, 0.717) is 10.8 Å². The number of benzene rings is 2. The molecule has 3 rings (SSSR count). The van der Waals surface area contributed by atoms with Gasteiger partial charge in [-0.1, -0.05) is 24.6 Å². The largest absolute Gasteiger partial charge is 0.484 e. The molecule has 5 nitrogen and oxygen atoms in total. The fourth-order valence-electron chi connectivity index (χ4n) is 3.20. The third kappa shape index (κ3) is 5.37. The lowest BCUT2D eigenvalue weighted by atomic mass is 10.1. The number of piperazine rings is 1. The summed E-state index contributed by atoms with van der Waals surface area (Å²) in [5.74, 6) is 0.387. The number of nitrogens with one attached hydrogen (secondary N) is 1. The summed E-state index contributed by atoms with van der Waals surface area (Å²) in [5, 5.41) is 3.50. The van der Waals surface area contributed by atoms with E-state index in [2.05, 4.69) is 34.2 Å². The summed E-state index contributed by atoms with van der Waals surface area (Å²) >= 11 is 5.92. The van der Waals surface area contributed by atoms with Crippen LogP contribution >= 0.6 is 11.6 Å². The molecule has 1 saturated heterocycles. The van der Waals surface area contributed by atoms with Crippen LogP contribution in [-0.4, -0.2) is 50.1 Å². The van der Waals surface area contributed by atoms with Crippen LogP contribution in [0.15, 0.2) is 42.5 Å². The standard InChI is InChI=1S/C21H26ClN3O2/c1-3-24-9-11-25(12-10-24)18-7-8-20(16(2)13-18)23-21(26)15-27-19-6-4-5-17(22)14-19/h4-8,13-14H,3,9-12,15H2,1-2H3,(H,23,26). The van der Waals surface area contributed by atoms with Crippen LogP contribution in [-0.2, 0) is 4.79 Å². The normalized spacial score (nSPS) is 14.9. The number of rotatable bonds is 6. The van der Waals surface area contributed by atoms with Gasteiger partial charge in [0.15, 0.2) is 6.61 Å². The summed E-state index contributed by atoms with van der Waals surface area (Å²) < 4.78 is 5.49. The monoisotopic (exact) mass is 387 g/mol. The third-order valence-electron chi connectivity index (χ3n) is 4.83. The minimum atomic E-state index is -0.192. The molecule has 0 aliphatic carbocycles. The highest BCUT2D eigenvalue weighted by Crippen LogP contribution is 2.24. The van der Waals surface area contributed by atoms with E-state index < -0.39 is 0 Å². The number of halogens is 1. The Hall–Kier alpha value is -2.24. The number of aryl methyl sites for hydroxylation is 1. The van der Waals surface area contributed by atoms with Crippen LogP contribution in [0.25, 0.3) is 0 Å². The quantitative estimate of drug-likeness (QED) is 0.818. The van der Waals surface area contributed by atoms with Crippen molar-refractivity contribution in [2.45, 2.75) is 13.8 Å². The van der Waals surface area contributed by atoms with E-state index in [1.165, 1.54) is 5.69 Å². The van der Waals surface area contributed by atoms with Crippen LogP contribution in [0, 0.1) is 6.92 Å². The molecule has 2 aromatic carbocycles. The lowest BCUT2D eigenvalue weighted by Gasteiger charge is -2.35. The van der Waals surface area contributed by atoms with Crippen LogP contribution in [0.2, 0.25) is 5.02 Å². The van der Waals surface area contributed by atoms with Crippen LogP contribution < -0.4 is 15.0 Å². The zero-order chi connectivity index (χ0) is 19.2. The van der Waals surface area contributed by atoms with Gasteiger partial charge in [0.05, 0.1) is 0 Å². The first-order valence-corrected chi connectivity index (χ1v) is 9.69. The predicted octanol–water partition coefficient (Wildman–Crippen LogP) is 3.81. The van der Waals surface area contributed by atoms with Crippen molar-refractivity contribution in [2.24, 2.45) is 0 Å². The van der Waals surface area contributed by atoms with Gasteiger partial charge in [0.2, 0.25) is 0 Å². The Kier molecular flexibility index (Phi) is 6.58. The molecule has 0 aromatic heterocycles. The van der Waals surface area contributed by atoms with Crippen LogP contribution in [0.3, 0.4) is 0 Å². The third-order valence-corrected chi connectivity index (χ3v) is 5.07. The number of carbonyl (C=O) groups is 1. The van der Waals surface area contributed by atoms with Gasteiger partial charge in [-0.3, -0.25) is 4.79 Å². The highest BCUT2D eigenvalue weighted by Gasteiger charge is 2.16. The van der Waals surface area contributed by atoms with Gasteiger partial charge >= 0.3 is 0 Å². The average molecular weight is 388 g/mol. The van der Waals surface area contributed by atoms with Gasteiger partial charge in [0, 0.05) is 42.6 Å². The topological polar surface area (TPSA) is 44.8 Å². The zero-order valence-electron chi connectivity index (χ0n) is 15.9. The fourth-order valence-corrected chi connectivity index (χ4v) is 3.38. The van der Waals surface area contributed by atoms with E-state index in [4.69, 9.17) is 16.3 Å². The summed E-state index contributed by atoms with van der Waals surface area (Å²) in [6, 6.07) is 13.2. The van der Waals surface area contributed by atoms with Crippen molar-refractivity contribution >= 4 is 28.9 Å². The summed E-state index contributed by atoms with van der Waals surface area (Å²) in [5.41, 5.74) is 3.06. The van der Waals surface area contributed by atoms with Crippen molar-refractivity contribution < 1.29 is 9.53 Å². The first-order chi connectivity index (χ1) is 13.0. The first-order valence-electron chi connectivity index (χ1n) is 9.31. The fraction of sp³-hybridized carbons (Fsp3) is 0.381. The second-order valence-corrected chi connectivity index (χ2v) is 7.15. The number of likely N-dealkylation sites (N-methyl/N-ethyl adjacent to an activating group) is 1. The molecule has 0 unspecified atom stereocenters. The Morgan fingerprint density at radius 2 is 1.93 bits per heavy atom. The molecule has 1 aliphatic heterocycles. The van der Waals surface area contributed by atoms with Gasteiger partial charge in [-0.15, -0.1) is 0 Å². The second kappa shape index (κ2) is 9.11. The van der Waals surface area contributed by atoms with Crippen LogP contribution in [0.4, 0.5) is 11.4 Å². The average Bonchev–Trinajstić information content (AvgIpc) is 2.68. The number of anilines is 2. The molecule has 1 aliphatic rings. The van der Waals surface area contributed by atoms with Crippen molar-refractivity contribution in [1.82, 2.24) is 4.90 Å². The number of amides is 1. The number of ether oxygens (including phenoxy) is 1. The lowest BCUT2D eigenvalue weighted by Crippen LogP contribution is -2.46. The summed E-state index contributed by atoms with van der Waals surface area (Å²) in [7, 11) is 0. The maximum Gasteiger partial charge on any atom is 0.262 e. The van der Waals surface area contributed by atoms with Crippen molar-refractivity contribution in [3.63, 3.8) is 0 Å². The van der Waals surface area contributed by atoms with E-state index in [1.807, 2.05) is 13.0 Å². The molecule has 2 aromatic rings. The molecule has 0 atom stereocenters. The van der Waals surface area contributed by atoms with Gasteiger partial charge in [0.1, 0.15) is 5.75 Å². The molecule has 144 valence electrons. The molecule has 0 saturated carbocycles. The van der Waals surface area contributed by atoms with Crippen molar-refractivity contribution in [3.05, 3.63) is 53.1 Å². The summed E-state index contributed by atoms with van der Waals surface area (Å²) in [6.45, 7) is 9.52. The SMILES string of the molecule is CCN1CCN(c2ccc(NC(=O)COc3cccc(Cl)c3)c(C)c2)CC1. The summed E-state index contributed by atoms with van der Waals surface area (Å²) in [6.07, 6.45) is 0. The van der Waals surface area contributed by atoms with E-state index >= 15 is 0 Å². The summed E-state index contributed by atoms with van der Waals surface area (Å²) in [4.78, 5) is 17.0. The Morgan fingerprint density at radius 3 is 2.59 bits per heavy atom. The minimum absolute atomic E-state index is 0.0550. The van der Waals surface area contributed by atoms with E-state index in [-0.39, 0.29) is 12.5 Å². The molecule has 6 heteroatoms. The Morgan fingerprint density at radius 1 is 1.15 bits per heavy atom. The van der Waals surface area contributed by atoms with Crippen molar-refractivity contribution in [1.29, 1.82) is 0 Å². The Labute approximate surface area is 165 Å². The molecule has 1 fully saturated rings. The number of nitrogens with zero attached hydrogens (tertiary/aromatic N) is 2. The van der Waals surface area contributed by atoms with Crippen molar-refractivity contribution in [3.8, 4) is 5.75 Å². The lowest BCUT2D eigenvalue weighted by molar-refractivity contribution is -0.118. The molecular weight excluding hydrogens is 362 g/mol. The van der Waals surface area contributed by atoms with Gasteiger partial charge < -0.3 is 19.9 Å².